The van der Waals surface area contributed by atoms with E-state index in [4.69, 9.17) is 0 Å². The minimum Gasteiger partial charge on any atom is -0.304 e. The van der Waals surface area contributed by atoms with Gasteiger partial charge in [0.25, 0.3) is 0 Å². The summed E-state index contributed by atoms with van der Waals surface area (Å²) in [5, 5.41) is 4.69. The van der Waals surface area contributed by atoms with Gasteiger partial charge in [0.05, 0.1) is 17.3 Å². The number of likely N-dealkylation sites (N-methyl/N-ethyl adjacent to an activating group) is 1. The molecule has 4 rings (SSSR count). The summed E-state index contributed by atoms with van der Waals surface area (Å²) in [5.74, 6) is -0.283. The molecule has 1 aliphatic heterocycles. The van der Waals surface area contributed by atoms with Crippen molar-refractivity contribution < 1.29 is 13.2 Å². The van der Waals surface area contributed by atoms with E-state index in [1.807, 2.05) is 43.0 Å². The Morgan fingerprint density at radius 2 is 1.86 bits per heavy atom. The highest BCUT2D eigenvalue weighted by molar-refractivity contribution is 5.58. The molecular weight excluding hydrogens is 365 g/mol. The predicted octanol–water partition coefficient (Wildman–Crippen LogP) is 4.54. The summed E-state index contributed by atoms with van der Waals surface area (Å²) < 4.78 is 42.5. The summed E-state index contributed by atoms with van der Waals surface area (Å²) >= 11 is 0. The van der Waals surface area contributed by atoms with Gasteiger partial charge in [-0.2, -0.15) is 18.3 Å². The maximum atomic E-state index is 13.5. The number of hydrogen-bond donors (Lipinski definition) is 0. The van der Waals surface area contributed by atoms with Gasteiger partial charge in [-0.25, -0.2) is 0 Å². The summed E-state index contributed by atoms with van der Waals surface area (Å²) in [6.07, 6.45) is -0.778. The van der Waals surface area contributed by atoms with E-state index in [-0.39, 0.29) is 12.0 Å². The monoisotopic (exact) mass is 386 g/mol. The lowest BCUT2D eigenvalue weighted by molar-refractivity contribution is -0.138. The van der Waals surface area contributed by atoms with Crippen LogP contribution in [0, 0.1) is 6.92 Å². The van der Waals surface area contributed by atoms with Crippen LogP contribution in [-0.2, 0) is 6.18 Å². The first-order valence-electron chi connectivity index (χ1n) is 9.16. The predicted molar refractivity (Wildman–Crippen MR) is 101 cm³/mol. The van der Waals surface area contributed by atoms with Gasteiger partial charge >= 0.3 is 6.18 Å². The molecule has 7 heteroatoms. The van der Waals surface area contributed by atoms with Gasteiger partial charge in [-0.3, -0.25) is 9.67 Å². The van der Waals surface area contributed by atoms with E-state index in [1.54, 1.807) is 18.3 Å². The summed E-state index contributed by atoms with van der Waals surface area (Å²) in [6.45, 7) is 3.12. The lowest BCUT2D eigenvalue weighted by Gasteiger charge is -2.23. The Bertz CT molecular complexity index is 980. The van der Waals surface area contributed by atoms with Crippen LogP contribution in [0.3, 0.4) is 0 Å². The Morgan fingerprint density at radius 1 is 1.07 bits per heavy atom. The highest BCUT2D eigenvalue weighted by atomic mass is 19.4. The fourth-order valence-corrected chi connectivity index (χ4v) is 4.01. The lowest BCUT2D eigenvalue weighted by Crippen LogP contribution is -2.20. The Labute approximate surface area is 161 Å². The average Bonchev–Trinajstić information content (AvgIpc) is 3.27. The van der Waals surface area contributed by atoms with Crippen LogP contribution in [0.25, 0.3) is 11.3 Å². The van der Waals surface area contributed by atoms with Crippen molar-refractivity contribution >= 4 is 0 Å². The third-order valence-electron chi connectivity index (χ3n) is 5.28. The number of pyridine rings is 1. The number of halogens is 3. The first kappa shape index (κ1) is 18.7. The standard InChI is InChI=1S/C21H21F3N4/c1-14-11-15(7-9-25-14)19-8-10-28(26-19)20-13-27(2)12-17(20)16-5-3-4-6-18(16)21(22,23)24/h3-11,17,20H,12-13H2,1-2H3/t17-,20+/m0/s1. The quantitative estimate of drug-likeness (QED) is 0.663. The largest absolute Gasteiger partial charge is 0.416 e. The second kappa shape index (κ2) is 7.05. The number of rotatable bonds is 3. The van der Waals surface area contributed by atoms with Crippen molar-refractivity contribution in [1.82, 2.24) is 19.7 Å². The Kier molecular flexibility index (Phi) is 4.71. The smallest absolute Gasteiger partial charge is 0.304 e. The third kappa shape index (κ3) is 3.54. The van der Waals surface area contributed by atoms with Crippen molar-refractivity contribution in [1.29, 1.82) is 0 Å². The van der Waals surface area contributed by atoms with Crippen molar-refractivity contribution in [3.05, 3.63) is 71.7 Å². The molecule has 2 atom stereocenters. The van der Waals surface area contributed by atoms with Crippen molar-refractivity contribution in [3.8, 4) is 11.3 Å². The molecule has 0 spiro atoms. The molecule has 1 fully saturated rings. The van der Waals surface area contributed by atoms with E-state index in [9.17, 15) is 13.2 Å². The minimum absolute atomic E-state index is 0.162. The van der Waals surface area contributed by atoms with Crippen LogP contribution < -0.4 is 0 Å². The Morgan fingerprint density at radius 3 is 2.61 bits per heavy atom. The number of nitrogens with zero attached hydrogens (tertiary/aromatic N) is 4. The molecule has 4 nitrogen and oxygen atoms in total. The summed E-state index contributed by atoms with van der Waals surface area (Å²) in [7, 11) is 1.93. The van der Waals surface area contributed by atoms with Crippen molar-refractivity contribution in [3.63, 3.8) is 0 Å². The second-order valence-corrected chi connectivity index (χ2v) is 7.35. The number of aromatic nitrogens is 3. The third-order valence-corrected chi connectivity index (χ3v) is 5.28. The molecule has 1 saturated heterocycles. The number of alkyl halides is 3. The summed E-state index contributed by atoms with van der Waals surface area (Å²) in [6, 6.07) is 11.5. The van der Waals surface area contributed by atoms with Gasteiger partial charge in [0.2, 0.25) is 0 Å². The van der Waals surface area contributed by atoms with Gasteiger partial charge < -0.3 is 4.90 Å². The highest BCUT2D eigenvalue weighted by Crippen LogP contribution is 2.42. The molecule has 0 aliphatic carbocycles. The molecule has 2 aromatic heterocycles. The Balaban J connectivity index is 1.71. The average molecular weight is 386 g/mol. The van der Waals surface area contributed by atoms with Crippen LogP contribution in [0.2, 0.25) is 0 Å². The van der Waals surface area contributed by atoms with Crippen LogP contribution in [0.1, 0.15) is 28.8 Å². The fourth-order valence-electron chi connectivity index (χ4n) is 4.01. The van der Waals surface area contributed by atoms with Crippen LogP contribution in [0.15, 0.2) is 54.9 Å². The zero-order chi connectivity index (χ0) is 19.9. The van der Waals surface area contributed by atoms with Crippen molar-refractivity contribution in [2.45, 2.75) is 25.1 Å². The number of likely N-dealkylation sites (tertiary alicyclic amines) is 1. The number of benzene rings is 1. The van der Waals surface area contributed by atoms with Crippen LogP contribution in [0.4, 0.5) is 13.2 Å². The molecule has 0 N–H and O–H groups in total. The molecular formula is C21H21F3N4. The Hall–Kier alpha value is -2.67. The van der Waals surface area contributed by atoms with E-state index < -0.39 is 11.7 Å². The first-order chi connectivity index (χ1) is 13.3. The molecule has 0 amide bonds. The SMILES string of the molecule is Cc1cc(-c2ccn([C@@H]3CN(C)C[C@H]3c3ccccc3C(F)(F)F)n2)ccn1. The molecule has 0 unspecified atom stereocenters. The van der Waals surface area contributed by atoms with Gasteiger partial charge in [-0.05, 0) is 43.8 Å². The van der Waals surface area contributed by atoms with Crippen molar-refractivity contribution in [2.24, 2.45) is 0 Å². The van der Waals surface area contributed by atoms with Gasteiger partial charge in [0.1, 0.15) is 0 Å². The first-order valence-corrected chi connectivity index (χ1v) is 9.16. The van der Waals surface area contributed by atoms with Gasteiger partial charge in [-0.15, -0.1) is 0 Å². The zero-order valence-corrected chi connectivity index (χ0v) is 15.7. The molecule has 0 radical (unpaired) electrons. The van der Waals surface area contributed by atoms with Gasteiger partial charge in [0, 0.05) is 42.7 Å². The minimum atomic E-state index is -4.37. The van der Waals surface area contributed by atoms with E-state index in [2.05, 4.69) is 15.0 Å². The second-order valence-electron chi connectivity index (χ2n) is 7.35. The summed E-state index contributed by atoms with van der Waals surface area (Å²) in [4.78, 5) is 6.25. The lowest BCUT2D eigenvalue weighted by atomic mass is 9.90. The number of hydrogen-bond acceptors (Lipinski definition) is 3. The molecule has 0 saturated carbocycles. The van der Waals surface area contributed by atoms with Crippen LogP contribution in [0.5, 0.6) is 0 Å². The van der Waals surface area contributed by atoms with Crippen LogP contribution >= 0.6 is 0 Å². The van der Waals surface area contributed by atoms with Gasteiger partial charge in [-0.1, -0.05) is 18.2 Å². The molecule has 1 aliphatic rings. The van der Waals surface area contributed by atoms with E-state index in [0.29, 0.717) is 18.7 Å². The molecule has 3 heterocycles. The van der Waals surface area contributed by atoms with E-state index in [1.165, 1.54) is 12.1 Å². The molecule has 3 aromatic rings. The molecule has 28 heavy (non-hydrogen) atoms. The van der Waals surface area contributed by atoms with Crippen molar-refractivity contribution in [2.75, 3.05) is 20.1 Å². The summed E-state index contributed by atoms with van der Waals surface area (Å²) in [5.41, 5.74) is 2.41. The topological polar surface area (TPSA) is 34.0 Å². The molecule has 0 bridgehead atoms. The van der Waals surface area contributed by atoms with Crippen LogP contribution in [-0.4, -0.2) is 39.8 Å². The maximum Gasteiger partial charge on any atom is 0.416 e. The van der Waals surface area contributed by atoms with Gasteiger partial charge in [0.15, 0.2) is 0 Å². The highest BCUT2D eigenvalue weighted by Gasteiger charge is 2.40. The van der Waals surface area contributed by atoms with E-state index in [0.717, 1.165) is 17.0 Å². The molecule has 1 aromatic carbocycles. The maximum absolute atomic E-state index is 13.5. The fraction of sp³-hybridized carbons (Fsp3) is 0.333. The van der Waals surface area contributed by atoms with E-state index >= 15 is 0 Å². The zero-order valence-electron chi connectivity index (χ0n) is 15.7. The number of aryl methyl sites for hydroxylation is 1. The normalized spacial score (nSPS) is 20.6. The molecule has 146 valence electrons.